The van der Waals surface area contributed by atoms with Crippen molar-refractivity contribution in [1.29, 1.82) is 0 Å². The van der Waals surface area contributed by atoms with Gasteiger partial charge in [0.05, 0.1) is 25.9 Å². The van der Waals surface area contributed by atoms with E-state index in [1.165, 1.54) is 27.8 Å². The summed E-state index contributed by atoms with van der Waals surface area (Å²) in [5, 5.41) is 0. The Morgan fingerprint density at radius 3 is 3.05 bits per heavy atom. The molecule has 0 bridgehead atoms. The zero-order valence-corrected chi connectivity index (χ0v) is 11.4. The fourth-order valence-electron chi connectivity index (χ4n) is 3.23. The van der Waals surface area contributed by atoms with Crippen LogP contribution in [0.4, 0.5) is 0 Å². The van der Waals surface area contributed by atoms with Gasteiger partial charge in [0.2, 0.25) is 0 Å². The molecule has 1 unspecified atom stereocenters. The van der Waals surface area contributed by atoms with Crippen LogP contribution >= 0.6 is 0 Å². The first-order valence-electron chi connectivity index (χ1n) is 7.19. The molecule has 1 radical (unpaired) electrons. The summed E-state index contributed by atoms with van der Waals surface area (Å²) in [6.45, 7) is 2.26. The lowest BCUT2D eigenvalue weighted by Gasteiger charge is -2.29. The van der Waals surface area contributed by atoms with E-state index in [0.29, 0.717) is 6.61 Å². The summed E-state index contributed by atoms with van der Waals surface area (Å²) in [5.41, 5.74) is 6.77. The van der Waals surface area contributed by atoms with Crippen molar-refractivity contribution in [3.05, 3.63) is 70.3 Å². The Balaban J connectivity index is 1.70. The smallest absolute Gasteiger partial charge is 0.0872 e. The first-order valence-corrected chi connectivity index (χ1v) is 7.19. The number of hydrogen-bond acceptors (Lipinski definition) is 2. The highest BCUT2D eigenvalue weighted by Gasteiger charge is 2.24. The summed E-state index contributed by atoms with van der Waals surface area (Å²) >= 11 is 0. The Labute approximate surface area is 119 Å². The summed E-state index contributed by atoms with van der Waals surface area (Å²) in [6, 6.07) is 15.9. The Morgan fingerprint density at radius 2 is 2.05 bits per heavy atom. The lowest BCUT2D eigenvalue weighted by molar-refractivity contribution is 0.0257. The van der Waals surface area contributed by atoms with Gasteiger partial charge in [-0.25, -0.2) is 0 Å². The average Bonchev–Trinajstić information content (AvgIpc) is 2.54. The van der Waals surface area contributed by atoms with Crippen LogP contribution in [0.5, 0.6) is 0 Å². The third-order valence-electron chi connectivity index (χ3n) is 4.31. The molecule has 0 saturated carbocycles. The quantitative estimate of drug-likeness (QED) is 0.787. The second kappa shape index (κ2) is 5.04. The predicted octanol–water partition coefficient (Wildman–Crippen LogP) is 3.37. The van der Waals surface area contributed by atoms with Gasteiger partial charge in [0.15, 0.2) is 0 Å². The second-order valence-electron chi connectivity index (χ2n) is 5.49. The average molecular weight is 265 g/mol. The summed E-state index contributed by atoms with van der Waals surface area (Å²) in [6.07, 6.45) is 2.12. The number of rotatable bonds is 1. The summed E-state index contributed by atoms with van der Waals surface area (Å²) in [4.78, 5) is 0. The van der Waals surface area contributed by atoms with Crippen molar-refractivity contribution in [3.8, 4) is 0 Å². The highest BCUT2D eigenvalue weighted by Crippen LogP contribution is 2.34. The minimum atomic E-state index is 0.173. The predicted molar refractivity (Wildman–Crippen MR) is 76.3 cm³/mol. The van der Waals surface area contributed by atoms with E-state index < -0.39 is 0 Å². The molecule has 4 rings (SSSR count). The van der Waals surface area contributed by atoms with Crippen LogP contribution in [0, 0.1) is 6.07 Å². The van der Waals surface area contributed by atoms with Gasteiger partial charge in [0, 0.05) is 6.42 Å². The number of benzene rings is 2. The molecule has 0 amide bonds. The van der Waals surface area contributed by atoms with E-state index in [0.717, 1.165) is 26.1 Å². The molecule has 2 aliphatic rings. The molecule has 0 aromatic heterocycles. The molecule has 2 aromatic carbocycles. The summed E-state index contributed by atoms with van der Waals surface area (Å²) in [7, 11) is 0. The molecule has 2 heterocycles. The van der Waals surface area contributed by atoms with Crippen molar-refractivity contribution in [1.82, 2.24) is 0 Å². The summed E-state index contributed by atoms with van der Waals surface area (Å²) in [5.74, 6) is 0. The van der Waals surface area contributed by atoms with E-state index in [4.69, 9.17) is 9.47 Å². The fourth-order valence-corrected chi connectivity index (χ4v) is 3.23. The van der Waals surface area contributed by atoms with E-state index in [9.17, 15) is 0 Å². The van der Waals surface area contributed by atoms with E-state index in [1.54, 1.807) is 0 Å². The number of fused-ring (bicyclic) bond motifs is 2. The van der Waals surface area contributed by atoms with Gasteiger partial charge in [0.25, 0.3) is 0 Å². The highest BCUT2D eigenvalue weighted by atomic mass is 16.5. The van der Waals surface area contributed by atoms with Crippen LogP contribution in [0.1, 0.15) is 33.9 Å². The van der Waals surface area contributed by atoms with Gasteiger partial charge >= 0.3 is 0 Å². The van der Waals surface area contributed by atoms with Crippen LogP contribution in [0.25, 0.3) is 0 Å². The molecule has 0 spiro atoms. The van der Waals surface area contributed by atoms with E-state index in [1.807, 2.05) is 6.07 Å². The molecule has 2 aromatic rings. The first kappa shape index (κ1) is 12.1. The molecule has 1 atom stereocenters. The number of hydrogen-bond donors (Lipinski definition) is 0. The Bertz CT molecular complexity index is 633. The molecule has 0 fully saturated rings. The van der Waals surface area contributed by atoms with Gasteiger partial charge in [-0.1, -0.05) is 36.4 Å². The zero-order chi connectivity index (χ0) is 13.4. The van der Waals surface area contributed by atoms with Gasteiger partial charge in [-0.15, -0.1) is 0 Å². The molecule has 20 heavy (non-hydrogen) atoms. The molecule has 0 saturated heterocycles. The first-order chi connectivity index (χ1) is 9.92. The molecular weight excluding hydrogens is 248 g/mol. The molecule has 2 aliphatic heterocycles. The largest absolute Gasteiger partial charge is 0.376 e. The van der Waals surface area contributed by atoms with Crippen LogP contribution in [0.2, 0.25) is 0 Å². The van der Waals surface area contributed by atoms with Crippen LogP contribution in [-0.2, 0) is 35.5 Å². The zero-order valence-electron chi connectivity index (χ0n) is 11.4. The monoisotopic (exact) mass is 265 g/mol. The maximum atomic E-state index is 6.10. The standard InChI is InChI=1S/C18H17O2/c1-2-5-14-12-20-18(10-13(14)4-1)17-7-3-6-15-11-19-9-8-16(15)17/h2-7,18H,8-12H2. The summed E-state index contributed by atoms with van der Waals surface area (Å²) < 4.78 is 11.7. The topological polar surface area (TPSA) is 18.5 Å². The number of ether oxygens (including phenoxy) is 2. The van der Waals surface area contributed by atoms with E-state index >= 15 is 0 Å². The maximum Gasteiger partial charge on any atom is 0.0872 e. The minimum Gasteiger partial charge on any atom is -0.376 e. The van der Waals surface area contributed by atoms with Crippen molar-refractivity contribution in [2.45, 2.75) is 32.2 Å². The van der Waals surface area contributed by atoms with Gasteiger partial charge in [-0.3, -0.25) is 0 Å². The highest BCUT2D eigenvalue weighted by molar-refractivity contribution is 5.40. The molecule has 0 N–H and O–H groups in total. The van der Waals surface area contributed by atoms with Crippen molar-refractivity contribution >= 4 is 0 Å². The van der Waals surface area contributed by atoms with Crippen molar-refractivity contribution < 1.29 is 9.47 Å². The SMILES string of the molecule is [c]1ccc2c(c1)CC(c1cccc3c1CCOC3)OC2. The lowest BCUT2D eigenvalue weighted by Crippen LogP contribution is -2.20. The molecule has 0 aliphatic carbocycles. The van der Waals surface area contributed by atoms with Gasteiger partial charge in [-0.2, -0.15) is 0 Å². The third kappa shape index (κ3) is 2.05. The van der Waals surface area contributed by atoms with E-state index in [2.05, 4.69) is 36.4 Å². The third-order valence-corrected chi connectivity index (χ3v) is 4.31. The molecule has 2 nitrogen and oxygen atoms in total. The molecular formula is C18H17O2. The molecule has 2 heteroatoms. The van der Waals surface area contributed by atoms with Gasteiger partial charge in [0.1, 0.15) is 0 Å². The van der Waals surface area contributed by atoms with E-state index in [-0.39, 0.29) is 6.10 Å². The Morgan fingerprint density at radius 1 is 1.05 bits per heavy atom. The van der Waals surface area contributed by atoms with Crippen LogP contribution in [0.3, 0.4) is 0 Å². The van der Waals surface area contributed by atoms with Gasteiger partial charge < -0.3 is 9.47 Å². The van der Waals surface area contributed by atoms with Crippen molar-refractivity contribution in [3.63, 3.8) is 0 Å². The van der Waals surface area contributed by atoms with Crippen LogP contribution in [-0.4, -0.2) is 6.61 Å². The minimum absolute atomic E-state index is 0.173. The molecule has 101 valence electrons. The van der Waals surface area contributed by atoms with Gasteiger partial charge in [-0.05, 0) is 40.3 Å². The van der Waals surface area contributed by atoms with Crippen LogP contribution < -0.4 is 0 Å². The van der Waals surface area contributed by atoms with Crippen molar-refractivity contribution in [2.24, 2.45) is 0 Å². The normalized spacial score (nSPS) is 21.1. The van der Waals surface area contributed by atoms with Crippen molar-refractivity contribution in [2.75, 3.05) is 6.61 Å². The lowest BCUT2D eigenvalue weighted by atomic mass is 9.89. The Hall–Kier alpha value is -1.64. The maximum absolute atomic E-state index is 6.10. The van der Waals surface area contributed by atoms with Crippen LogP contribution in [0.15, 0.2) is 36.4 Å². The fraction of sp³-hybridized carbons (Fsp3) is 0.333. The second-order valence-corrected chi connectivity index (χ2v) is 5.49. The Kier molecular flexibility index (Phi) is 3.06.